The summed E-state index contributed by atoms with van der Waals surface area (Å²) in [4.78, 5) is 33.7. The fourth-order valence-corrected chi connectivity index (χ4v) is 3.48. The van der Waals surface area contributed by atoms with Gasteiger partial charge in [-0.2, -0.15) is 5.10 Å². The van der Waals surface area contributed by atoms with Crippen molar-refractivity contribution in [3.05, 3.63) is 29.5 Å². The Morgan fingerprint density at radius 3 is 2.76 bits per heavy atom. The molecule has 29 heavy (non-hydrogen) atoms. The molecule has 0 aliphatic rings. The summed E-state index contributed by atoms with van der Waals surface area (Å²) in [6.45, 7) is 7.42. The van der Waals surface area contributed by atoms with Crippen LogP contribution in [0.15, 0.2) is 23.8 Å². The number of aromatic nitrogens is 4. The molecule has 10 heteroatoms. The molecule has 1 amide bonds. The normalized spacial score (nSPS) is 12.6. The predicted molar refractivity (Wildman–Crippen MR) is 109 cm³/mol. The Bertz CT molecular complexity index is 1040. The molecule has 1 atom stereocenters. The average Bonchev–Trinajstić information content (AvgIpc) is 3.25. The molecule has 3 aromatic heterocycles. The van der Waals surface area contributed by atoms with Crippen molar-refractivity contribution in [2.45, 2.75) is 45.9 Å². The maximum absolute atomic E-state index is 12.3. The van der Waals surface area contributed by atoms with Gasteiger partial charge in [0.25, 0.3) is 0 Å². The van der Waals surface area contributed by atoms with E-state index < -0.39 is 17.7 Å². The monoisotopic (exact) mass is 417 g/mol. The highest BCUT2D eigenvalue weighted by Crippen LogP contribution is 2.28. The molecule has 0 fully saturated rings. The van der Waals surface area contributed by atoms with E-state index in [0.717, 1.165) is 10.2 Å². The van der Waals surface area contributed by atoms with Gasteiger partial charge in [0.15, 0.2) is 0 Å². The summed E-state index contributed by atoms with van der Waals surface area (Å²) in [7, 11) is 1.31. The summed E-state index contributed by atoms with van der Waals surface area (Å²) < 4.78 is 11.7. The second-order valence-electron chi connectivity index (χ2n) is 7.50. The first-order chi connectivity index (χ1) is 13.7. The topological polar surface area (TPSA) is 108 Å². The van der Waals surface area contributed by atoms with Crippen molar-refractivity contribution in [1.82, 2.24) is 25.1 Å². The van der Waals surface area contributed by atoms with Gasteiger partial charge in [0.05, 0.1) is 13.7 Å². The number of hydrogen-bond donors (Lipinski definition) is 1. The van der Waals surface area contributed by atoms with Crippen molar-refractivity contribution < 1.29 is 19.1 Å². The number of esters is 1. The first-order valence-corrected chi connectivity index (χ1v) is 9.90. The molecule has 154 valence electrons. The van der Waals surface area contributed by atoms with E-state index in [0.29, 0.717) is 11.4 Å². The molecule has 0 aliphatic heterocycles. The van der Waals surface area contributed by atoms with Gasteiger partial charge < -0.3 is 14.8 Å². The number of rotatable bonds is 5. The molecule has 0 radical (unpaired) electrons. The lowest BCUT2D eigenvalue weighted by Crippen LogP contribution is -2.40. The zero-order valence-electron chi connectivity index (χ0n) is 16.9. The Hall–Kier alpha value is -3.01. The number of fused-ring (bicyclic) bond motifs is 1. The zero-order chi connectivity index (χ0) is 21.2. The van der Waals surface area contributed by atoms with Crippen LogP contribution >= 0.6 is 11.3 Å². The highest BCUT2D eigenvalue weighted by Gasteiger charge is 2.22. The molecule has 0 unspecified atom stereocenters. The van der Waals surface area contributed by atoms with Crippen molar-refractivity contribution in [3.8, 4) is 11.4 Å². The third kappa shape index (κ3) is 4.89. The highest BCUT2D eigenvalue weighted by atomic mass is 32.1. The molecule has 0 bridgehead atoms. The minimum Gasteiger partial charge on any atom is -0.464 e. The van der Waals surface area contributed by atoms with E-state index in [1.54, 1.807) is 33.8 Å². The van der Waals surface area contributed by atoms with Crippen molar-refractivity contribution in [3.63, 3.8) is 0 Å². The van der Waals surface area contributed by atoms with Gasteiger partial charge in [-0.05, 0) is 39.1 Å². The molecule has 3 heterocycles. The molecular formula is C19H23N5O4S. The second-order valence-corrected chi connectivity index (χ2v) is 8.39. The number of thiophene rings is 1. The number of hydrogen-bond acceptors (Lipinski definition) is 8. The molecule has 1 N–H and O–H groups in total. The summed E-state index contributed by atoms with van der Waals surface area (Å²) in [5.74, 6) is -0.524. The summed E-state index contributed by atoms with van der Waals surface area (Å²) in [5.41, 5.74) is 0.828. The average molecular weight is 417 g/mol. The lowest BCUT2D eigenvalue weighted by atomic mass is 10.2. The zero-order valence-corrected chi connectivity index (χ0v) is 17.7. The van der Waals surface area contributed by atoms with Gasteiger partial charge in [-0.1, -0.05) is 0 Å². The molecule has 3 rings (SSSR count). The van der Waals surface area contributed by atoms with Crippen LogP contribution in [0.3, 0.4) is 0 Å². The van der Waals surface area contributed by atoms with Gasteiger partial charge in [0.1, 0.15) is 33.8 Å². The van der Waals surface area contributed by atoms with Gasteiger partial charge >= 0.3 is 12.1 Å². The van der Waals surface area contributed by atoms with Crippen LogP contribution < -0.4 is 5.32 Å². The maximum atomic E-state index is 12.3. The molecule has 3 aromatic rings. The fraction of sp³-hybridized carbons (Fsp3) is 0.421. The smallest absolute Gasteiger partial charge is 0.407 e. The Balaban J connectivity index is 1.87. The third-order valence-corrected chi connectivity index (χ3v) is 4.71. The lowest BCUT2D eigenvalue weighted by Gasteiger charge is -2.22. The summed E-state index contributed by atoms with van der Waals surface area (Å²) in [5, 5.41) is 10.1. The second kappa shape index (κ2) is 8.16. The minimum atomic E-state index is -0.598. The summed E-state index contributed by atoms with van der Waals surface area (Å²) >= 11 is 1.50. The van der Waals surface area contributed by atoms with Crippen LogP contribution in [-0.2, 0) is 16.0 Å². The largest absolute Gasteiger partial charge is 0.464 e. The van der Waals surface area contributed by atoms with Crippen molar-refractivity contribution in [1.29, 1.82) is 0 Å². The Morgan fingerprint density at radius 1 is 1.31 bits per heavy atom. The van der Waals surface area contributed by atoms with E-state index in [4.69, 9.17) is 9.47 Å². The first kappa shape index (κ1) is 20.7. The van der Waals surface area contributed by atoms with Crippen LogP contribution in [0.2, 0.25) is 0 Å². The summed E-state index contributed by atoms with van der Waals surface area (Å²) in [6, 6.07) is 3.21. The predicted octanol–water partition coefficient (Wildman–Crippen LogP) is 3.25. The van der Waals surface area contributed by atoms with Crippen LogP contribution in [-0.4, -0.2) is 50.6 Å². The Labute approximate surface area is 172 Å². The lowest BCUT2D eigenvalue weighted by molar-refractivity contribution is 0.0503. The van der Waals surface area contributed by atoms with E-state index in [-0.39, 0.29) is 18.3 Å². The number of carbonyl (C=O) groups is 2. The quantitative estimate of drug-likeness (QED) is 0.635. The molecule has 0 aliphatic carbocycles. The van der Waals surface area contributed by atoms with Crippen LogP contribution in [0.25, 0.3) is 21.6 Å². The summed E-state index contributed by atoms with van der Waals surface area (Å²) in [6.07, 6.45) is 0.935. The van der Waals surface area contributed by atoms with Crippen LogP contribution in [0.5, 0.6) is 0 Å². The number of alkyl carbamates (subject to hydrolysis) is 1. The van der Waals surface area contributed by atoms with Gasteiger partial charge in [-0.25, -0.2) is 19.6 Å². The van der Waals surface area contributed by atoms with Crippen LogP contribution in [0.1, 0.15) is 38.2 Å². The van der Waals surface area contributed by atoms with Gasteiger partial charge in [0, 0.05) is 17.5 Å². The molecule has 0 saturated carbocycles. The van der Waals surface area contributed by atoms with E-state index in [2.05, 4.69) is 20.4 Å². The highest BCUT2D eigenvalue weighted by molar-refractivity contribution is 7.16. The molecule has 9 nitrogen and oxygen atoms in total. The van der Waals surface area contributed by atoms with Gasteiger partial charge in [-0.15, -0.1) is 11.3 Å². The van der Waals surface area contributed by atoms with Crippen molar-refractivity contribution in [2.24, 2.45) is 0 Å². The number of carbonyl (C=O) groups excluding carboxylic acids is 2. The van der Waals surface area contributed by atoms with Gasteiger partial charge in [-0.3, -0.25) is 4.68 Å². The Kier molecular flexibility index (Phi) is 5.83. The van der Waals surface area contributed by atoms with E-state index in [9.17, 15) is 9.59 Å². The number of nitrogens with zero attached hydrogens (tertiary/aromatic N) is 4. The standard InChI is InChI=1S/C19H23N5O4S/c1-11(22-18(26)28-19(2,3)4)9-24-14(17(25)27-5)8-13(23-24)15-12-6-7-29-16(12)21-10-20-15/h6-8,10-11H,9H2,1-5H3,(H,22,26)/t11-/m0/s1. The molecular weight excluding hydrogens is 394 g/mol. The molecule has 0 spiro atoms. The number of amides is 1. The van der Waals surface area contributed by atoms with E-state index in [1.165, 1.54) is 29.5 Å². The number of ether oxygens (including phenoxy) is 2. The van der Waals surface area contributed by atoms with Gasteiger partial charge in [0.2, 0.25) is 0 Å². The van der Waals surface area contributed by atoms with E-state index in [1.807, 2.05) is 11.4 Å². The minimum absolute atomic E-state index is 0.252. The molecule has 0 aromatic carbocycles. The number of nitrogens with one attached hydrogen (secondary N) is 1. The van der Waals surface area contributed by atoms with Crippen molar-refractivity contribution >= 4 is 33.6 Å². The molecule has 0 saturated heterocycles. The van der Waals surface area contributed by atoms with Crippen molar-refractivity contribution in [2.75, 3.05) is 7.11 Å². The first-order valence-electron chi connectivity index (χ1n) is 9.02. The van der Waals surface area contributed by atoms with E-state index >= 15 is 0 Å². The van der Waals surface area contributed by atoms with Crippen LogP contribution in [0, 0.1) is 0 Å². The van der Waals surface area contributed by atoms with Crippen LogP contribution in [0.4, 0.5) is 4.79 Å². The Morgan fingerprint density at radius 2 is 2.07 bits per heavy atom. The third-order valence-electron chi connectivity index (χ3n) is 3.89. The SMILES string of the molecule is COC(=O)c1cc(-c2ncnc3sccc23)nn1C[C@H](C)NC(=O)OC(C)(C)C. The number of methoxy groups -OCH3 is 1. The maximum Gasteiger partial charge on any atom is 0.407 e. The fourth-order valence-electron chi connectivity index (χ4n) is 2.75.